The second-order valence-electron chi connectivity index (χ2n) is 4.69. The maximum atomic E-state index is 11.7. The molecular formula is C13H17N3O4. The fraction of sp³-hybridized carbons (Fsp3) is 0.462. The topological polar surface area (TPSA) is 101 Å². The van der Waals surface area contributed by atoms with E-state index in [4.69, 9.17) is 9.84 Å². The molecule has 0 saturated carbocycles. The van der Waals surface area contributed by atoms with Gasteiger partial charge in [-0.05, 0) is 24.8 Å². The van der Waals surface area contributed by atoms with Gasteiger partial charge in [0.1, 0.15) is 0 Å². The van der Waals surface area contributed by atoms with Gasteiger partial charge in [-0.3, -0.25) is 4.98 Å². The minimum absolute atomic E-state index is 0.0310. The fourth-order valence-electron chi connectivity index (χ4n) is 2.01. The van der Waals surface area contributed by atoms with Crippen LogP contribution in [0.4, 0.5) is 10.5 Å². The van der Waals surface area contributed by atoms with Crippen molar-refractivity contribution < 1.29 is 19.4 Å². The number of amides is 2. The van der Waals surface area contributed by atoms with Gasteiger partial charge in [0.05, 0.1) is 24.1 Å². The molecule has 1 aliphatic rings. The van der Waals surface area contributed by atoms with Crippen LogP contribution in [0.25, 0.3) is 0 Å². The molecular weight excluding hydrogens is 262 g/mol. The highest BCUT2D eigenvalue weighted by Crippen LogP contribution is 2.12. The molecule has 1 aromatic heterocycles. The first-order valence-corrected chi connectivity index (χ1v) is 6.46. The number of aromatic carboxylic acids is 1. The van der Waals surface area contributed by atoms with E-state index < -0.39 is 5.97 Å². The Morgan fingerprint density at radius 3 is 3.00 bits per heavy atom. The van der Waals surface area contributed by atoms with Gasteiger partial charge < -0.3 is 20.5 Å². The molecule has 7 nitrogen and oxygen atoms in total. The molecule has 1 unspecified atom stereocenters. The normalized spacial score (nSPS) is 18.3. The summed E-state index contributed by atoms with van der Waals surface area (Å²) in [4.78, 5) is 26.3. The molecule has 0 radical (unpaired) electrons. The highest BCUT2D eigenvalue weighted by atomic mass is 16.5. The molecule has 2 heterocycles. The van der Waals surface area contributed by atoms with Crippen LogP contribution in [-0.4, -0.2) is 41.8 Å². The highest BCUT2D eigenvalue weighted by Gasteiger charge is 2.15. The Labute approximate surface area is 116 Å². The van der Waals surface area contributed by atoms with Crippen molar-refractivity contribution >= 4 is 17.7 Å². The summed E-state index contributed by atoms with van der Waals surface area (Å²) in [5.74, 6) is -0.751. The molecule has 1 atom stereocenters. The summed E-state index contributed by atoms with van der Waals surface area (Å²) in [6.45, 7) is 1.99. The lowest BCUT2D eigenvalue weighted by atomic mass is 10.0. The summed E-state index contributed by atoms with van der Waals surface area (Å²) >= 11 is 0. The first-order valence-electron chi connectivity index (χ1n) is 6.46. The summed E-state index contributed by atoms with van der Waals surface area (Å²) in [6.07, 6.45) is 4.68. The lowest BCUT2D eigenvalue weighted by Gasteiger charge is -2.22. The first-order chi connectivity index (χ1) is 9.65. The van der Waals surface area contributed by atoms with E-state index in [0.717, 1.165) is 19.4 Å². The molecule has 108 valence electrons. The average Bonchev–Trinajstić information content (AvgIpc) is 2.46. The van der Waals surface area contributed by atoms with E-state index in [1.165, 1.54) is 18.5 Å². The quantitative estimate of drug-likeness (QED) is 0.772. The molecule has 0 bridgehead atoms. The van der Waals surface area contributed by atoms with Crippen LogP contribution in [0, 0.1) is 5.92 Å². The van der Waals surface area contributed by atoms with E-state index in [-0.39, 0.29) is 11.6 Å². The molecule has 0 spiro atoms. The molecule has 2 rings (SSSR count). The van der Waals surface area contributed by atoms with Crippen molar-refractivity contribution in [3.8, 4) is 0 Å². The predicted molar refractivity (Wildman–Crippen MR) is 71.8 cm³/mol. The number of hydrogen-bond acceptors (Lipinski definition) is 4. The Morgan fingerprint density at radius 1 is 1.45 bits per heavy atom. The Bertz CT molecular complexity index is 486. The van der Waals surface area contributed by atoms with Crippen LogP contribution < -0.4 is 10.6 Å². The van der Waals surface area contributed by atoms with Gasteiger partial charge in [0.25, 0.3) is 0 Å². The van der Waals surface area contributed by atoms with Gasteiger partial charge in [-0.2, -0.15) is 0 Å². The van der Waals surface area contributed by atoms with Crippen LogP contribution in [0.2, 0.25) is 0 Å². The third-order valence-electron chi connectivity index (χ3n) is 3.05. The second kappa shape index (κ2) is 6.85. The lowest BCUT2D eigenvalue weighted by Crippen LogP contribution is -2.35. The predicted octanol–water partition coefficient (Wildman–Crippen LogP) is 1.33. The van der Waals surface area contributed by atoms with Gasteiger partial charge in [0, 0.05) is 19.3 Å². The monoisotopic (exact) mass is 279 g/mol. The smallest absolute Gasteiger partial charge is 0.337 e. The molecule has 1 fully saturated rings. The molecule has 0 aliphatic carbocycles. The van der Waals surface area contributed by atoms with E-state index >= 15 is 0 Å². The van der Waals surface area contributed by atoms with Crippen LogP contribution in [0.5, 0.6) is 0 Å². The van der Waals surface area contributed by atoms with E-state index in [9.17, 15) is 9.59 Å². The number of nitrogens with zero attached hydrogens (tertiary/aromatic N) is 1. The van der Waals surface area contributed by atoms with Crippen molar-refractivity contribution in [1.29, 1.82) is 0 Å². The van der Waals surface area contributed by atoms with Crippen molar-refractivity contribution in [3.63, 3.8) is 0 Å². The summed E-state index contributed by atoms with van der Waals surface area (Å²) < 4.78 is 5.33. The third-order valence-corrected chi connectivity index (χ3v) is 3.05. The van der Waals surface area contributed by atoms with E-state index in [1.807, 2.05) is 0 Å². The van der Waals surface area contributed by atoms with Gasteiger partial charge in [-0.25, -0.2) is 9.59 Å². The van der Waals surface area contributed by atoms with Gasteiger partial charge >= 0.3 is 12.0 Å². The lowest BCUT2D eigenvalue weighted by molar-refractivity contribution is 0.0559. The molecule has 3 N–H and O–H groups in total. The van der Waals surface area contributed by atoms with Crippen LogP contribution >= 0.6 is 0 Å². The van der Waals surface area contributed by atoms with Crippen LogP contribution in [0.1, 0.15) is 23.2 Å². The number of urea groups is 1. The zero-order valence-electron chi connectivity index (χ0n) is 11.0. The summed E-state index contributed by atoms with van der Waals surface area (Å²) in [7, 11) is 0. The van der Waals surface area contributed by atoms with E-state index in [2.05, 4.69) is 15.6 Å². The van der Waals surface area contributed by atoms with Gasteiger partial charge in [-0.1, -0.05) is 0 Å². The number of ether oxygens (including phenoxy) is 1. The van der Waals surface area contributed by atoms with Crippen LogP contribution in [-0.2, 0) is 4.74 Å². The van der Waals surface area contributed by atoms with Crippen molar-refractivity contribution in [2.24, 2.45) is 5.92 Å². The number of aromatic nitrogens is 1. The van der Waals surface area contributed by atoms with Crippen molar-refractivity contribution in [2.45, 2.75) is 12.8 Å². The Balaban J connectivity index is 1.81. The number of carboxylic acid groups (broad SMARTS) is 1. The number of pyridine rings is 1. The number of nitrogens with one attached hydrogen (secondary N) is 2. The molecule has 0 aromatic carbocycles. The van der Waals surface area contributed by atoms with Crippen molar-refractivity contribution in [1.82, 2.24) is 10.3 Å². The van der Waals surface area contributed by atoms with E-state index in [1.54, 1.807) is 0 Å². The number of anilines is 1. The minimum atomic E-state index is -1.08. The summed E-state index contributed by atoms with van der Waals surface area (Å²) in [6, 6.07) is 0.985. The average molecular weight is 279 g/mol. The SMILES string of the molecule is O=C(NCC1CCCOC1)Nc1cncc(C(=O)O)c1. The number of carboxylic acids is 1. The summed E-state index contributed by atoms with van der Waals surface area (Å²) in [5, 5.41) is 14.1. The molecule has 2 amide bonds. The number of rotatable bonds is 4. The van der Waals surface area contributed by atoms with Gasteiger partial charge in [0.15, 0.2) is 0 Å². The van der Waals surface area contributed by atoms with Crippen molar-refractivity contribution in [2.75, 3.05) is 25.1 Å². The van der Waals surface area contributed by atoms with Gasteiger partial charge in [0.2, 0.25) is 0 Å². The Morgan fingerprint density at radius 2 is 2.30 bits per heavy atom. The maximum absolute atomic E-state index is 11.7. The largest absolute Gasteiger partial charge is 0.478 e. The molecule has 1 aromatic rings. The molecule has 20 heavy (non-hydrogen) atoms. The third kappa shape index (κ3) is 4.20. The number of hydrogen-bond donors (Lipinski definition) is 3. The summed E-state index contributed by atoms with van der Waals surface area (Å²) in [5.41, 5.74) is 0.380. The Kier molecular flexibility index (Phi) is 4.89. The van der Waals surface area contributed by atoms with Crippen LogP contribution in [0.15, 0.2) is 18.5 Å². The van der Waals surface area contributed by atoms with Crippen LogP contribution in [0.3, 0.4) is 0 Å². The fourth-order valence-corrected chi connectivity index (χ4v) is 2.01. The molecule has 1 aliphatic heterocycles. The van der Waals surface area contributed by atoms with Crippen molar-refractivity contribution in [3.05, 3.63) is 24.0 Å². The minimum Gasteiger partial charge on any atom is -0.478 e. The Hall–Kier alpha value is -2.15. The molecule has 7 heteroatoms. The molecule has 1 saturated heterocycles. The zero-order chi connectivity index (χ0) is 14.4. The zero-order valence-corrected chi connectivity index (χ0v) is 11.0. The standard InChI is InChI=1S/C13H17N3O4/c17-12(18)10-4-11(7-14-6-10)16-13(19)15-5-9-2-1-3-20-8-9/h4,6-7,9H,1-3,5,8H2,(H,17,18)(H2,15,16,19). The van der Waals surface area contributed by atoms with E-state index in [0.29, 0.717) is 24.8 Å². The van der Waals surface area contributed by atoms with Gasteiger partial charge in [-0.15, -0.1) is 0 Å². The first kappa shape index (κ1) is 14.3. The maximum Gasteiger partial charge on any atom is 0.337 e. The second-order valence-corrected chi connectivity index (χ2v) is 4.69. The highest BCUT2D eigenvalue weighted by molar-refractivity contribution is 5.92. The number of carbonyl (C=O) groups is 2. The number of carbonyl (C=O) groups excluding carboxylic acids is 1.